The first kappa shape index (κ1) is 20.4. The van der Waals surface area contributed by atoms with Gasteiger partial charge in [-0.2, -0.15) is 5.10 Å². The zero-order valence-corrected chi connectivity index (χ0v) is 18.1. The molecule has 0 bridgehead atoms. The maximum Gasteiger partial charge on any atom is 0.256 e. The molecule has 4 rings (SSSR count). The van der Waals surface area contributed by atoms with Crippen LogP contribution >= 0.6 is 0 Å². The second-order valence-electron chi connectivity index (χ2n) is 8.35. The number of aromatic nitrogens is 2. The molecule has 0 spiro atoms. The molecule has 1 N–H and O–H groups in total. The zero-order chi connectivity index (χ0) is 21.1. The molecule has 1 fully saturated rings. The van der Waals surface area contributed by atoms with Crippen molar-refractivity contribution >= 4 is 11.7 Å². The van der Waals surface area contributed by atoms with Gasteiger partial charge in [-0.1, -0.05) is 30.3 Å². The summed E-state index contributed by atoms with van der Waals surface area (Å²) in [4.78, 5) is 15.1. The normalized spacial score (nSPS) is 15.3. The first-order valence-corrected chi connectivity index (χ1v) is 10.7. The Morgan fingerprint density at radius 2 is 1.70 bits per heavy atom. The lowest BCUT2D eigenvalue weighted by atomic mass is 9.99. The molecule has 0 atom stereocenters. The molecular formula is C25H30N4O. The van der Waals surface area contributed by atoms with Crippen LogP contribution < -0.4 is 5.32 Å². The maximum absolute atomic E-state index is 12.5. The molecule has 156 valence electrons. The van der Waals surface area contributed by atoms with Crippen LogP contribution in [0, 0.1) is 20.8 Å². The second-order valence-corrected chi connectivity index (χ2v) is 8.35. The van der Waals surface area contributed by atoms with Gasteiger partial charge in [-0.05, 0) is 68.0 Å². The van der Waals surface area contributed by atoms with E-state index in [0.29, 0.717) is 11.6 Å². The third-order valence-electron chi connectivity index (χ3n) is 6.20. The van der Waals surface area contributed by atoms with Gasteiger partial charge in [0.2, 0.25) is 0 Å². The van der Waals surface area contributed by atoms with E-state index in [-0.39, 0.29) is 5.91 Å². The number of benzene rings is 2. The molecule has 5 heteroatoms. The number of likely N-dealkylation sites (tertiary alicyclic amines) is 1. The van der Waals surface area contributed by atoms with Crippen molar-refractivity contribution in [3.8, 4) is 0 Å². The predicted molar refractivity (Wildman–Crippen MR) is 121 cm³/mol. The first-order valence-electron chi connectivity index (χ1n) is 10.7. The highest BCUT2D eigenvalue weighted by Gasteiger charge is 2.23. The fourth-order valence-corrected chi connectivity index (χ4v) is 4.24. The third-order valence-corrected chi connectivity index (χ3v) is 6.20. The smallest absolute Gasteiger partial charge is 0.256 e. The summed E-state index contributed by atoms with van der Waals surface area (Å²) in [6.45, 7) is 9.63. The molecule has 0 saturated carbocycles. The van der Waals surface area contributed by atoms with Crippen molar-refractivity contribution in [3.05, 3.63) is 82.5 Å². The Labute approximate surface area is 178 Å². The van der Waals surface area contributed by atoms with Crippen molar-refractivity contribution in [2.45, 2.75) is 46.2 Å². The van der Waals surface area contributed by atoms with Crippen LogP contribution in [0.1, 0.15) is 51.5 Å². The molecular weight excluding hydrogens is 372 g/mol. The maximum atomic E-state index is 12.5. The molecule has 1 aliphatic heterocycles. The molecule has 0 aliphatic carbocycles. The van der Waals surface area contributed by atoms with Gasteiger partial charge >= 0.3 is 0 Å². The average molecular weight is 403 g/mol. The predicted octanol–water partition coefficient (Wildman–Crippen LogP) is 4.90. The molecule has 1 saturated heterocycles. The highest BCUT2D eigenvalue weighted by Crippen LogP contribution is 2.27. The number of amides is 1. The fourth-order valence-electron chi connectivity index (χ4n) is 4.24. The minimum absolute atomic E-state index is 0.0972. The van der Waals surface area contributed by atoms with E-state index in [4.69, 9.17) is 0 Å². The zero-order valence-electron chi connectivity index (χ0n) is 18.1. The highest BCUT2D eigenvalue weighted by molar-refractivity contribution is 6.03. The Balaban J connectivity index is 1.38. The lowest BCUT2D eigenvalue weighted by Gasteiger charge is -2.33. The van der Waals surface area contributed by atoms with E-state index in [1.807, 2.05) is 41.1 Å². The van der Waals surface area contributed by atoms with Crippen LogP contribution in [0.4, 0.5) is 5.82 Å². The van der Waals surface area contributed by atoms with Crippen molar-refractivity contribution in [2.75, 3.05) is 18.4 Å². The summed E-state index contributed by atoms with van der Waals surface area (Å²) in [5, 5.41) is 7.54. The van der Waals surface area contributed by atoms with E-state index >= 15 is 0 Å². The summed E-state index contributed by atoms with van der Waals surface area (Å²) in [6, 6.07) is 16.1. The standard InChI is InChI=1S/C25H30N4O/c1-18-15-20(3)22(16-19(18)2)17-28-13-10-23(11-14-28)29-24(9-12-26-29)27-25(30)21-7-5-4-6-8-21/h4-9,12,15-16,23H,10-11,13-14,17H2,1-3H3,(H,27,30). The van der Waals surface area contributed by atoms with Gasteiger partial charge in [0.1, 0.15) is 5.82 Å². The number of hydrogen-bond donors (Lipinski definition) is 1. The summed E-state index contributed by atoms with van der Waals surface area (Å²) in [7, 11) is 0. The molecule has 1 aliphatic rings. The van der Waals surface area contributed by atoms with E-state index in [9.17, 15) is 4.79 Å². The van der Waals surface area contributed by atoms with Crippen LogP contribution in [0.2, 0.25) is 0 Å². The Morgan fingerprint density at radius 1 is 1.00 bits per heavy atom. The number of hydrogen-bond acceptors (Lipinski definition) is 3. The Bertz CT molecular complexity index is 1020. The molecule has 2 heterocycles. The van der Waals surface area contributed by atoms with Gasteiger partial charge in [0.05, 0.1) is 12.2 Å². The quantitative estimate of drug-likeness (QED) is 0.660. The monoisotopic (exact) mass is 402 g/mol. The van der Waals surface area contributed by atoms with Gasteiger partial charge in [-0.25, -0.2) is 4.68 Å². The van der Waals surface area contributed by atoms with Gasteiger partial charge in [0, 0.05) is 31.3 Å². The van der Waals surface area contributed by atoms with Crippen molar-refractivity contribution in [2.24, 2.45) is 0 Å². The van der Waals surface area contributed by atoms with Crippen LogP contribution in [0.25, 0.3) is 0 Å². The molecule has 0 radical (unpaired) electrons. The summed E-state index contributed by atoms with van der Waals surface area (Å²) in [5.41, 5.74) is 6.17. The molecule has 2 aromatic carbocycles. The SMILES string of the molecule is Cc1cc(C)c(CN2CCC(n3nccc3NC(=O)c3ccccc3)CC2)cc1C. The van der Waals surface area contributed by atoms with Crippen molar-refractivity contribution in [3.63, 3.8) is 0 Å². The second kappa shape index (κ2) is 8.84. The Kier molecular flexibility index (Phi) is 6.00. The highest BCUT2D eigenvalue weighted by atomic mass is 16.1. The Morgan fingerprint density at radius 3 is 2.43 bits per heavy atom. The number of aryl methyl sites for hydroxylation is 3. The molecule has 5 nitrogen and oxygen atoms in total. The molecule has 0 unspecified atom stereocenters. The molecule has 3 aromatic rings. The topological polar surface area (TPSA) is 50.2 Å². The van der Waals surface area contributed by atoms with Crippen LogP contribution in [-0.2, 0) is 6.54 Å². The average Bonchev–Trinajstić information content (AvgIpc) is 3.21. The lowest BCUT2D eigenvalue weighted by molar-refractivity contribution is 0.102. The van der Waals surface area contributed by atoms with Crippen LogP contribution in [-0.4, -0.2) is 33.7 Å². The number of carbonyl (C=O) groups excluding carboxylic acids is 1. The van der Waals surface area contributed by atoms with Gasteiger partial charge in [0.25, 0.3) is 5.91 Å². The van der Waals surface area contributed by atoms with Gasteiger partial charge < -0.3 is 5.32 Å². The minimum Gasteiger partial charge on any atom is -0.307 e. The number of rotatable bonds is 5. The van der Waals surface area contributed by atoms with Crippen LogP contribution in [0.5, 0.6) is 0 Å². The summed E-state index contributed by atoms with van der Waals surface area (Å²) in [6.07, 6.45) is 3.82. The van der Waals surface area contributed by atoms with Crippen molar-refractivity contribution < 1.29 is 4.79 Å². The van der Waals surface area contributed by atoms with E-state index in [0.717, 1.165) is 38.3 Å². The van der Waals surface area contributed by atoms with E-state index in [2.05, 4.69) is 48.2 Å². The van der Waals surface area contributed by atoms with E-state index in [1.165, 1.54) is 22.3 Å². The number of anilines is 1. The van der Waals surface area contributed by atoms with Gasteiger partial charge in [-0.15, -0.1) is 0 Å². The minimum atomic E-state index is -0.0972. The summed E-state index contributed by atoms with van der Waals surface area (Å²) < 4.78 is 1.99. The van der Waals surface area contributed by atoms with Crippen LogP contribution in [0.3, 0.4) is 0 Å². The fraction of sp³-hybridized carbons (Fsp3) is 0.360. The van der Waals surface area contributed by atoms with E-state index < -0.39 is 0 Å². The first-order chi connectivity index (χ1) is 14.5. The third kappa shape index (κ3) is 4.46. The van der Waals surface area contributed by atoms with E-state index in [1.54, 1.807) is 6.20 Å². The van der Waals surface area contributed by atoms with Crippen LogP contribution in [0.15, 0.2) is 54.7 Å². The largest absolute Gasteiger partial charge is 0.307 e. The number of nitrogens with one attached hydrogen (secondary N) is 1. The number of nitrogens with zero attached hydrogens (tertiary/aromatic N) is 3. The summed E-state index contributed by atoms with van der Waals surface area (Å²) in [5.74, 6) is 0.673. The lowest BCUT2D eigenvalue weighted by Crippen LogP contribution is -2.35. The van der Waals surface area contributed by atoms with Crippen molar-refractivity contribution in [1.29, 1.82) is 0 Å². The Hall–Kier alpha value is -2.92. The number of carbonyl (C=O) groups is 1. The van der Waals surface area contributed by atoms with Crippen molar-refractivity contribution in [1.82, 2.24) is 14.7 Å². The molecule has 1 aromatic heterocycles. The van der Waals surface area contributed by atoms with Gasteiger partial charge in [-0.3, -0.25) is 9.69 Å². The summed E-state index contributed by atoms with van der Waals surface area (Å²) >= 11 is 0. The molecule has 30 heavy (non-hydrogen) atoms. The number of piperidine rings is 1. The van der Waals surface area contributed by atoms with Gasteiger partial charge in [0.15, 0.2) is 0 Å². The molecule has 1 amide bonds.